The van der Waals surface area contributed by atoms with Crippen molar-refractivity contribution in [3.05, 3.63) is 29.3 Å². The van der Waals surface area contributed by atoms with Gasteiger partial charge in [-0.2, -0.15) is 0 Å². The van der Waals surface area contributed by atoms with E-state index in [-0.39, 0.29) is 22.6 Å². The third-order valence-electron chi connectivity index (χ3n) is 3.59. The lowest BCUT2D eigenvalue weighted by Crippen LogP contribution is -2.41. The van der Waals surface area contributed by atoms with E-state index in [1.165, 1.54) is 18.2 Å². The Hall–Kier alpha value is -1.44. The number of benzene rings is 1. The molecule has 1 aliphatic rings. The second kappa shape index (κ2) is 6.13. The van der Waals surface area contributed by atoms with Crippen LogP contribution in [0.3, 0.4) is 0 Å². The van der Waals surface area contributed by atoms with Gasteiger partial charge in [0.15, 0.2) is 0 Å². The van der Waals surface area contributed by atoms with Gasteiger partial charge >= 0.3 is 5.97 Å². The Kier molecular flexibility index (Phi) is 4.65. The van der Waals surface area contributed by atoms with Crippen molar-refractivity contribution in [2.24, 2.45) is 0 Å². The molecule has 0 aliphatic carbocycles. The molecule has 2 N–H and O–H groups in total. The first-order valence-corrected chi connectivity index (χ1v) is 8.27. The number of ether oxygens (including phenoxy) is 1. The highest BCUT2D eigenvalue weighted by Crippen LogP contribution is 2.20. The molecule has 2 rings (SSSR count). The summed E-state index contributed by atoms with van der Waals surface area (Å²) in [6, 6.07) is 3.71. The fourth-order valence-electron chi connectivity index (χ4n) is 2.40. The van der Waals surface area contributed by atoms with E-state index >= 15 is 0 Å². The third kappa shape index (κ3) is 3.61. The average molecular weight is 313 g/mol. The van der Waals surface area contributed by atoms with Crippen molar-refractivity contribution in [1.29, 1.82) is 0 Å². The van der Waals surface area contributed by atoms with Gasteiger partial charge in [0.1, 0.15) is 0 Å². The van der Waals surface area contributed by atoms with Crippen molar-refractivity contribution in [1.82, 2.24) is 4.72 Å². The Balaban J connectivity index is 2.26. The number of carboxylic acid groups (broad SMARTS) is 1. The second-order valence-corrected chi connectivity index (χ2v) is 6.93. The fraction of sp³-hybridized carbons (Fsp3) is 0.500. The second-order valence-electron chi connectivity index (χ2n) is 5.25. The summed E-state index contributed by atoms with van der Waals surface area (Å²) in [5.74, 6) is -1.15. The number of carboxylic acids is 1. The highest BCUT2D eigenvalue weighted by molar-refractivity contribution is 7.89. The lowest BCUT2D eigenvalue weighted by molar-refractivity contribution is 0.0696. The van der Waals surface area contributed by atoms with Gasteiger partial charge in [0.25, 0.3) is 0 Å². The SMILES string of the molecule is Cc1ccc(C(=O)O)cc1S(=O)(=O)NC(C)C1CCCO1. The maximum atomic E-state index is 12.4. The average Bonchev–Trinajstić information content (AvgIpc) is 2.92. The van der Waals surface area contributed by atoms with Crippen molar-refractivity contribution >= 4 is 16.0 Å². The largest absolute Gasteiger partial charge is 0.478 e. The zero-order valence-corrected chi connectivity index (χ0v) is 12.8. The number of hydrogen-bond acceptors (Lipinski definition) is 4. The van der Waals surface area contributed by atoms with Crippen LogP contribution < -0.4 is 4.72 Å². The van der Waals surface area contributed by atoms with E-state index in [9.17, 15) is 13.2 Å². The molecule has 6 nitrogen and oxygen atoms in total. The molecule has 0 bridgehead atoms. The van der Waals surface area contributed by atoms with Crippen LogP contribution >= 0.6 is 0 Å². The van der Waals surface area contributed by atoms with Gasteiger partial charge in [-0.05, 0) is 44.4 Å². The third-order valence-corrected chi connectivity index (χ3v) is 5.29. The summed E-state index contributed by atoms with van der Waals surface area (Å²) in [4.78, 5) is 11.0. The molecule has 0 saturated carbocycles. The minimum Gasteiger partial charge on any atom is -0.478 e. The lowest BCUT2D eigenvalue weighted by Gasteiger charge is -2.20. The Morgan fingerprint density at radius 3 is 2.76 bits per heavy atom. The van der Waals surface area contributed by atoms with Crippen molar-refractivity contribution in [2.45, 2.75) is 43.7 Å². The zero-order chi connectivity index (χ0) is 15.6. The first kappa shape index (κ1) is 15.9. The fourth-order valence-corrected chi connectivity index (χ4v) is 3.95. The molecule has 116 valence electrons. The predicted molar refractivity (Wildman–Crippen MR) is 76.9 cm³/mol. The number of aryl methyl sites for hydroxylation is 1. The lowest BCUT2D eigenvalue weighted by atomic mass is 10.1. The predicted octanol–water partition coefficient (Wildman–Crippen LogP) is 1.54. The molecule has 1 aromatic carbocycles. The van der Waals surface area contributed by atoms with E-state index in [0.29, 0.717) is 12.2 Å². The molecule has 1 aromatic rings. The summed E-state index contributed by atoms with van der Waals surface area (Å²) in [6.07, 6.45) is 1.60. The first-order valence-electron chi connectivity index (χ1n) is 6.79. The normalized spacial score (nSPS) is 20.4. The molecule has 7 heteroatoms. The number of rotatable bonds is 5. The molecule has 0 amide bonds. The van der Waals surface area contributed by atoms with Gasteiger partial charge in [-0.25, -0.2) is 17.9 Å². The van der Waals surface area contributed by atoms with Crippen LogP contribution in [-0.2, 0) is 14.8 Å². The summed E-state index contributed by atoms with van der Waals surface area (Å²) < 4.78 is 32.9. The highest BCUT2D eigenvalue weighted by atomic mass is 32.2. The molecular weight excluding hydrogens is 294 g/mol. The van der Waals surface area contributed by atoms with Gasteiger partial charge in [-0.1, -0.05) is 6.07 Å². The van der Waals surface area contributed by atoms with Crippen LogP contribution in [-0.4, -0.2) is 38.2 Å². The maximum Gasteiger partial charge on any atom is 0.335 e. The first-order chi connectivity index (χ1) is 9.81. The summed E-state index contributed by atoms with van der Waals surface area (Å²) in [7, 11) is -3.78. The van der Waals surface area contributed by atoms with Gasteiger partial charge in [0.05, 0.1) is 16.6 Å². The molecule has 21 heavy (non-hydrogen) atoms. The molecule has 1 saturated heterocycles. The molecule has 0 aromatic heterocycles. The van der Waals surface area contributed by atoms with Crippen molar-refractivity contribution in [3.63, 3.8) is 0 Å². The Morgan fingerprint density at radius 1 is 1.48 bits per heavy atom. The Labute approximate surface area is 124 Å². The van der Waals surface area contributed by atoms with E-state index in [4.69, 9.17) is 9.84 Å². The highest BCUT2D eigenvalue weighted by Gasteiger charge is 2.28. The minimum atomic E-state index is -3.78. The quantitative estimate of drug-likeness (QED) is 0.860. The monoisotopic (exact) mass is 313 g/mol. The smallest absolute Gasteiger partial charge is 0.335 e. The number of aromatic carboxylic acids is 1. The van der Waals surface area contributed by atoms with Gasteiger partial charge in [-0.3, -0.25) is 0 Å². The molecule has 0 radical (unpaired) electrons. The van der Waals surface area contributed by atoms with Crippen LogP contribution in [0.5, 0.6) is 0 Å². The molecule has 1 aliphatic heterocycles. The van der Waals surface area contributed by atoms with Crippen LogP contribution in [0.4, 0.5) is 0 Å². The molecule has 1 heterocycles. The van der Waals surface area contributed by atoms with E-state index in [1.54, 1.807) is 13.8 Å². The number of hydrogen-bond donors (Lipinski definition) is 2. The topological polar surface area (TPSA) is 92.7 Å². The van der Waals surface area contributed by atoms with Gasteiger partial charge in [0, 0.05) is 12.6 Å². The van der Waals surface area contributed by atoms with Crippen LogP contribution in [0.25, 0.3) is 0 Å². The molecule has 2 unspecified atom stereocenters. The number of carbonyl (C=O) groups is 1. The van der Waals surface area contributed by atoms with Crippen LogP contribution in [0.1, 0.15) is 35.7 Å². The van der Waals surface area contributed by atoms with Crippen molar-refractivity contribution < 1.29 is 23.1 Å². The van der Waals surface area contributed by atoms with Gasteiger partial charge in [-0.15, -0.1) is 0 Å². The molecule has 2 atom stereocenters. The minimum absolute atomic E-state index is 0.00718. The van der Waals surface area contributed by atoms with E-state index in [0.717, 1.165) is 12.8 Å². The van der Waals surface area contributed by atoms with E-state index in [1.807, 2.05) is 0 Å². The van der Waals surface area contributed by atoms with Crippen LogP contribution in [0.2, 0.25) is 0 Å². The van der Waals surface area contributed by atoms with E-state index in [2.05, 4.69) is 4.72 Å². The Morgan fingerprint density at radius 2 is 2.19 bits per heavy atom. The molecule has 0 spiro atoms. The maximum absolute atomic E-state index is 12.4. The van der Waals surface area contributed by atoms with Gasteiger partial charge in [0.2, 0.25) is 10.0 Å². The van der Waals surface area contributed by atoms with Crippen LogP contribution in [0, 0.1) is 6.92 Å². The van der Waals surface area contributed by atoms with Crippen molar-refractivity contribution in [3.8, 4) is 0 Å². The number of sulfonamides is 1. The number of nitrogens with one attached hydrogen (secondary N) is 1. The Bertz CT molecular complexity index is 635. The standard InChI is InChI=1S/C14H19NO5S/c1-9-5-6-11(14(16)17)8-13(9)21(18,19)15-10(2)12-4-3-7-20-12/h5-6,8,10,12,15H,3-4,7H2,1-2H3,(H,16,17). The summed E-state index contributed by atoms with van der Waals surface area (Å²) in [5, 5.41) is 8.99. The molecule has 1 fully saturated rings. The summed E-state index contributed by atoms with van der Waals surface area (Å²) in [5.41, 5.74) is 0.456. The summed E-state index contributed by atoms with van der Waals surface area (Å²) >= 11 is 0. The van der Waals surface area contributed by atoms with Crippen molar-refractivity contribution in [2.75, 3.05) is 6.61 Å². The van der Waals surface area contributed by atoms with E-state index < -0.39 is 16.0 Å². The molecular formula is C14H19NO5S. The van der Waals surface area contributed by atoms with Gasteiger partial charge < -0.3 is 9.84 Å². The zero-order valence-electron chi connectivity index (χ0n) is 12.0. The van der Waals surface area contributed by atoms with Crippen LogP contribution in [0.15, 0.2) is 23.1 Å². The summed E-state index contributed by atoms with van der Waals surface area (Å²) in [6.45, 7) is 4.03.